The normalized spacial score (nSPS) is 18.3. The predicted octanol–water partition coefficient (Wildman–Crippen LogP) is 3.39. The van der Waals surface area contributed by atoms with Crippen LogP contribution in [0.4, 0.5) is 5.69 Å². The lowest BCUT2D eigenvalue weighted by molar-refractivity contribution is -0.125. The van der Waals surface area contributed by atoms with Crippen molar-refractivity contribution >= 4 is 27.5 Å². The number of nitrogens with one attached hydrogen (secondary N) is 1. The van der Waals surface area contributed by atoms with E-state index in [0.29, 0.717) is 12.2 Å². The maximum absolute atomic E-state index is 12.6. The number of phenols is 1. The molecule has 2 rings (SSSR count). The van der Waals surface area contributed by atoms with Crippen LogP contribution in [0.15, 0.2) is 22.7 Å². The summed E-state index contributed by atoms with van der Waals surface area (Å²) in [6.07, 6.45) is 6.05. The molecule has 1 aliphatic carbocycles. The Bertz CT molecular complexity index is 483. The number of carbonyl (C=O) groups is 1. The maximum Gasteiger partial charge on any atom is 0.231 e. The molecule has 0 unspecified atom stereocenters. The van der Waals surface area contributed by atoms with Gasteiger partial charge in [0.15, 0.2) is 0 Å². The molecule has 0 atom stereocenters. The SMILES string of the molecule is NCC1(C(=O)Nc2cc(Br)ccc2O)CCCCCC1. The third-order valence-corrected chi connectivity index (χ3v) is 4.63. The van der Waals surface area contributed by atoms with Gasteiger partial charge in [-0.1, -0.05) is 41.6 Å². The summed E-state index contributed by atoms with van der Waals surface area (Å²) in [5.41, 5.74) is 5.83. The third kappa shape index (κ3) is 3.33. The molecule has 4 nitrogen and oxygen atoms in total. The van der Waals surface area contributed by atoms with Crippen LogP contribution in [0.2, 0.25) is 0 Å². The van der Waals surface area contributed by atoms with E-state index < -0.39 is 5.41 Å². The Balaban J connectivity index is 2.18. The molecule has 0 bridgehead atoms. The van der Waals surface area contributed by atoms with E-state index in [2.05, 4.69) is 21.2 Å². The average Bonchev–Trinajstić information content (AvgIpc) is 2.69. The Kier molecular flexibility index (Phi) is 5.05. The van der Waals surface area contributed by atoms with E-state index in [4.69, 9.17) is 5.73 Å². The highest BCUT2D eigenvalue weighted by Gasteiger charge is 2.37. The Morgan fingerprint density at radius 2 is 1.95 bits per heavy atom. The Morgan fingerprint density at radius 1 is 1.30 bits per heavy atom. The summed E-state index contributed by atoms with van der Waals surface area (Å²) < 4.78 is 0.813. The maximum atomic E-state index is 12.6. The molecule has 1 aliphatic rings. The Morgan fingerprint density at radius 3 is 2.55 bits per heavy atom. The molecule has 20 heavy (non-hydrogen) atoms. The average molecular weight is 341 g/mol. The van der Waals surface area contributed by atoms with Gasteiger partial charge in [-0.15, -0.1) is 0 Å². The second kappa shape index (κ2) is 6.59. The summed E-state index contributed by atoms with van der Waals surface area (Å²) in [6, 6.07) is 4.99. The summed E-state index contributed by atoms with van der Waals surface area (Å²) in [5, 5.41) is 12.7. The van der Waals surface area contributed by atoms with Gasteiger partial charge in [0, 0.05) is 11.0 Å². The monoisotopic (exact) mass is 340 g/mol. The first-order valence-electron chi connectivity index (χ1n) is 7.07. The first kappa shape index (κ1) is 15.3. The van der Waals surface area contributed by atoms with Gasteiger partial charge in [-0.3, -0.25) is 4.79 Å². The minimum Gasteiger partial charge on any atom is -0.506 e. The summed E-state index contributed by atoms with van der Waals surface area (Å²) in [5.74, 6) is -0.00218. The van der Waals surface area contributed by atoms with E-state index in [1.807, 2.05) is 0 Å². The van der Waals surface area contributed by atoms with E-state index in [0.717, 1.165) is 43.0 Å². The molecule has 4 N–H and O–H groups in total. The van der Waals surface area contributed by atoms with Crippen molar-refractivity contribution in [3.8, 4) is 5.75 Å². The van der Waals surface area contributed by atoms with Crippen LogP contribution in [0, 0.1) is 5.41 Å². The molecule has 0 saturated heterocycles. The first-order chi connectivity index (χ1) is 9.57. The molecule has 0 heterocycles. The van der Waals surface area contributed by atoms with Crippen molar-refractivity contribution in [2.75, 3.05) is 11.9 Å². The number of rotatable bonds is 3. The zero-order chi connectivity index (χ0) is 14.6. The van der Waals surface area contributed by atoms with Gasteiger partial charge in [0.05, 0.1) is 11.1 Å². The largest absolute Gasteiger partial charge is 0.506 e. The van der Waals surface area contributed by atoms with Crippen LogP contribution < -0.4 is 11.1 Å². The minimum atomic E-state index is -0.495. The number of hydrogen-bond acceptors (Lipinski definition) is 3. The van der Waals surface area contributed by atoms with Gasteiger partial charge in [0.25, 0.3) is 0 Å². The fraction of sp³-hybridized carbons (Fsp3) is 0.533. The van der Waals surface area contributed by atoms with Crippen LogP contribution in [-0.4, -0.2) is 17.6 Å². The van der Waals surface area contributed by atoms with Crippen LogP contribution in [0.3, 0.4) is 0 Å². The van der Waals surface area contributed by atoms with Gasteiger partial charge in [0.1, 0.15) is 5.75 Å². The number of amides is 1. The van der Waals surface area contributed by atoms with Crippen molar-refractivity contribution < 1.29 is 9.90 Å². The molecule has 0 spiro atoms. The molecule has 1 amide bonds. The van der Waals surface area contributed by atoms with Crippen LogP contribution in [-0.2, 0) is 4.79 Å². The molecule has 1 saturated carbocycles. The quantitative estimate of drug-likeness (QED) is 0.583. The van der Waals surface area contributed by atoms with E-state index in [9.17, 15) is 9.90 Å². The number of carbonyl (C=O) groups excluding carboxylic acids is 1. The highest BCUT2D eigenvalue weighted by Crippen LogP contribution is 2.36. The molecule has 0 aliphatic heterocycles. The number of nitrogens with two attached hydrogens (primary N) is 1. The van der Waals surface area contributed by atoms with Crippen molar-refractivity contribution in [3.05, 3.63) is 22.7 Å². The van der Waals surface area contributed by atoms with Crippen LogP contribution >= 0.6 is 15.9 Å². The zero-order valence-electron chi connectivity index (χ0n) is 11.5. The van der Waals surface area contributed by atoms with Crippen molar-refractivity contribution in [1.29, 1.82) is 0 Å². The van der Waals surface area contributed by atoms with Crippen molar-refractivity contribution in [3.63, 3.8) is 0 Å². The number of anilines is 1. The smallest absolute Gasteiger partial charge is 0.231 e. The standard InChI is InChI=1S/C15H21BrN2O2/c16-11-5-6-13(19)12(9-11)18-14(20)15(10-17)7-3-1-2-4-8-15/h5-6,9,19H,1-4,7-8,10,17H2,(H,18,20). The summed E-state index contributed by atoms with van der Waals surface area (Å²) in [6.45, 7) is 0.355. The fourth-order valence-corrected chi connectivity index (χ4v) is 3.15. The second-order valence-electron chi connectivity index (χ2n) is 5.51. The number of phenolic OH excluding ortho intramolecular Hbond substituents is 1. The number of benzene rings is 1. The summed E-state index contributed by atoms with van der Waals surface area (Å²) >= 11 is 3.34. The molecular weight excluding hydrogens is 320 g/mol. The molecule has 1 fully saturated rings. The Hall–Kier alpha value is -1.07. The van der Waals surface area contributed by atoms with Crippen molar-refractivity contribution in [1.82, 2.24) is 0 Å². The van der Waals surface area contributed by atoms with Gasteiger partial charge in [-0.05, 0) is 31.0 Å². The molecule has 0 aromatic heterocycles. The topological polar surface area (TPSA) is 75.4 Å². The highest BCUT2D eigenvalue weighted by atomic mass is 79.9. The van der Waals surface area contributed by atoms with Crippen LogP contribution in [0.25, 0.3) is 0 Å². The lowest BCUT2D eigenvalue weighted by Crippen LogP contribution is -2.42. The van der Waals surface area contributed by atoms with E-state index >= 15 is 0 Å². The molecule has 110 valence electrons. The van der Waals surface area contributed by atoms with Gasteiger partial charge in [0.2, 0.25) is 5.91 Å². The lowest BCUT2D eigenvalue weighted by Gasteiger charge is -2.30. The van der Waals surface area contributed by atoms with Crippen LogP contribution in [0.5, 0.6) is 5.75 Å². The minimum absolute atomic E-state index is 0.0716. The second-order valence-corrected chi connectivity index (χ2v) is 6.43. The predicted molar refractivity (Wildman–Crippen MR) is 83.6 cm³/mol. The van der Waals surface area contributed by atoms with Gasteiger partial charge >= 0.3 is 0 Å². The van der Waals surface area contributed by atoms with Gasteiger partial charge in [-0.2, -0.15) is 0 Å². The first-order valence-corrected chi connectivity index (χ1v) is 7.87. The Labute approximate surface area is 127 Å². The third-order valence-electron chi connectivity index (χ3n) is 4.14. The van der Waals surface area contributed by atoms with Gasteiger partial charge in [-0.25, -0.2) is 0 Å². The summed E-state index contributed by atoms with van der Waals surface area (Å²) in [4.78, 5) is 12.6. The number of aromatic hydroxyl groups is 1. The van der Waals surface area contributed by atoms with E-state index in [-0.39, 0.29) is 11.7 Å². The van der Waals surface area contributed by atoms with E-state index in [1.54, 1.807) is 18.2 Å². The lowest BCUT2D eigenvalue weighted by atomic mass is 9.79. The molecule has 0 radical (unpaired) electrons. The molecule has 1 aromatic carbocycles. The highest BCUT2D eigenvalue weighted by molar-refractivity contribution is 9.10. The fourth-order valence-electron chi connectivity index (χ4n) is 2.79. The number of halogens is 1. The molecule has 1 aromatic rings. The molecular formula is C15H21BrN2O2. The van der Waals surface area contributed by atoms with E-state index in [1.165, 1.54) is 0 Å². The van der Waals surface area contributed by atoms with Gasteiger partial charge < -0.3 is 16.2 Å². The summed E-state index contributed by atoms with van der Waals surface area (Å²) in [7, 11) is 0. The zero-order valence-corrected chi connectivity index (χ0v) is 13.1. The molecule has 5 heteroatoms. The number of hydrogen-bond donors (Lipinski definition) is 3. The van der Waals surface area contributed by atoms with Crippen LogP contribution in [0.1, 0.15) is 38.5 Å². The van der Waals surface area contributed by atoms with Crippen molar-refractivity contribution in [2.45, 2.75) is 38.5 Å². The van der Waals surface area contributed by atoms with Crippen molar-refractivity contribution in [2.24, 2.45) is 11.1 Å².